The van der Waals surface area contributed by atoms with E-state index in [4.69, 9.17) is 24.5 Å². The Morgan fingerprint density at radius 3 is 2.49 bits per heavy atom. The van der Waals surface area contributed by atoms with E-state index >= 15 is 0 Å². The molecule has 0 bridgehead atoms. The number of fused-ring (bicyclic) bond motifs is 1. The molecule has 2 heterocycles. The van der Waals surface area contributed by atoms with Crippen LogP contribution in [0.5, 0.6) is 11.5 Å². The van der Waals surface area contributed by atoms with Gasteiger partial charge in [0.1, 0.15) is 6.07 Å². The molecular formula is C34H31N3O5S. The molecule has 9 heteroatoms. The van der Waals surface area contributed by atoms with E-state index in [1.54, 1.807) is 35.8 Å². The fraction of sp³-hybridized carbons (Fsp3) is 0.235. The highest BCUT2D eigenvalue weighted by atomic mass is 32.1. The highest BCUT2D eigenvalue weighted by Crippen LogP contribution is 2.36. The van der Waals surface area contributed by atoms with Gasteiger partial charge in [0.2, 0.25) is 0 Å². The first-order valence-electron chi connectivity index (χ1n) is 13.9. The minimum absolute atomic E-state index is 0.176. The van der Waals surface area contributed by atoms with Crippen molar-refractivity contribution in [3.05, 3.63) is 120 Å². The molecule has 1 aromatic heterocycles. The number of nitriles is 1. The Bertz CT molecular complexity index is 1900. The summed E-state index contributed by atoms with van der Waals surface area (Å²) >= 11 is 1.22. The lowest BCUT2D eigenvalue weighted by atomic mass is 9.91. The number of aromatic nitrogens is 1. The molecule has 5 rings (SSSR count). The first-order valence-corrected chi connectivity index (χ1v) is 14.7. The molecule has 3 aromatic carbocycles. The number of thiazole rings is 1. The molecule has 1 atom stereocenters. The summed E-state index contributed by atoms with van der Waals surface area (Å²) in [5.74, 6) is 0.583. The standard InChI is InChI=1S/C34H31N3O5S/c1-5-41-33(39)28-29(23-10-7-6-8-11-23)36-34-37(30(28)24-16-14-22(15-17-24)21(2)3)32(38)27(43-34)20-25-12-9-13-26(40-4)31(25)42-19-18-35/h6-17,20-21,30H,5,19H2,1-4H3/b27-20-/t30-/m0/s1. The van der Waals surface area contributed by atoms with E-state index < -0.39 is 12.0 Å². The molecule has 0 saturated carbocycles. The molecule has 0 fully saturated rings. The van der Waals surface area contributed by atoms with Crippen LogP contribution < -0.4 is 24.4 Å². The summed E-state index contributed by atoms with van der Waals surface area (Å²) in [5.41, 5.74) is 3.67. The van der Waals surface area contributed by atoms with E-state index in [9.17, 15) is 9.59 Å². The summed E-state index contributed by atoms with van der Waals surface area (Å²) in [6, 6.07) is 23.9. The summed E-state index contributed by atoms with van der Waals surface area (Å²) in [6.45, 7) is 5.97. The normalized spacial score (nSPS) is 14.6. The van der Waals surface area contributed by atoms with Gasteiger partial charge >= 0.3 is 5.97 Å². The SMILES string of the molecule is CCOC(=O)C1=C(c2ccccc2)N=c2s/c(=C\c3cccc(OC)c3OCC#N)c(=O)n2[C@H]1c1ccc(C(C)C)cc1. The average Bonchev–Trinajstić information content (AvgIpc) is 3.34. The van der Waals surface area contributed by atoms with Crippen LogP contribution in [0.1, 0.15) is 55.0 Å². The summed E-state index contributed by atoms with van der Waals surface area (Å²) in [4.78, 5) is 33.2. The summed E-state index contributed by atoms with van der Waals surface area (Å²) in [7, 11) is 1.51. The third kappa shape index (κ3) is 5.87. The Kier molecular flexibility index (Phi) is 8.88. The number of esters is 1. The second-order valence-corrected chi connectivity index (χ2v) is 11.1. The van der Waals surface area contributed by atoms with Crippen LogP contribution in [0.4, 0.5) is 0 Å². The van der Waals surface area contributed by atoms with E-state index in [0.717, 1.165) is 16.7 Å². The van der Waals surface area contributed by atoms with Gasteiger partial charge in [-0.2, -0.15) is 5.26 Å². The lowest BCUT2D eigenvalue weighted by Gasteiger charge is -2.26. The van der Waals surface area contributed by atoms with Gasteiger partial charge in [0.05, 0.1) is 35.6 Å². The van der Waals surface area contributed by atoms with Gasteiger partial charge < -0.3 is 14.2 Å². The van der Waals surface area contributed by atoms with Gasteiger partial charge in [-0.05, 0) is 36.1 Å². The zero-order valence-electron chi connectivity index (χ0n) is 24.4. The average molecular weight is 594 g/mol. The van der Waals surface area contributed by atoms with Gasteiger partial charge in [-0.1, -0.05) is 91.9 Å². The molecule has 0 radical (unpaired) electrons. The van der Waals surface area contributed by atoms with Crippen LogP contribution in [0.3, 0.4) is 0 Å². The van der Waals surface area contributed by atoms with Crippen LogP contribution in [-0.4, -0.2) is 30.9 Å². The van der Waals surface area contributed by atoms with E-state index in [2.05, 4.69) is 13.8 Å². The second kappa shape index (κ2) is 12.9. The van der Waals surface area contributed by atoms with Crippen LogP contribution in [0.25, 0.3) is 11.8 Å². The monoisotopic (exact) mass is 593 g/mol. The Morgan fingerprint density at radius 2 is 1.84 bits per heavy atom. The number of benzene rings is 3. The first kappa shape index (κ1) is 29.5. The van der Waals surface area contributed by atoms with Crippen molar-refractivity contribution in [1.82, 2.24) is 4.57 Å². The zero-order valence-corrected chi connectivity index (χ0v) is 25.2. The van der Waals surface area contributed by atoms with Gasteiger partial charge in [-0.25, -0.2) is 9.79 Å². The van der Waals surface area contributed by atoms with Crippen LogP contribution in [-0.2, 0) is 9.53 Å². The fourth-order valence-electron chi connectivity index (χ4n) is 5.03. The van der Waals surface area contributed by atoms with E-state index in [1.807, 2.05) is 60.7 Å². The lowest BCUT2D eigenvalue weighted by Crippen LogP contribution is -2.40. The summed E-state index contributed by atoms with van der Waals surface area (Å²) < 4.78 is 18.6. The molecule has 1 aliphatic heterocycles. The maximum Gasteiger partial charge on any atom is 0.338 e. The van der Waals surface area contributed by atoms with Crippen molar-refractivity contribution < 1.29 is 19.0 Å². The maximum atomic E-state index is 14.2. The number of carbonyl (C=O) groups is 1. The van der Waals surface area contributed by atoms with Crippen LogP contribution >= 0.6 is 11.3 Å². The van der Waals surface area contributed by atoms with Crippen molar-refractivity contribution in [2.75, 3.05) is 20.3 Å². The van der Waals surface area contributed by atoms with Crippen molar-refractivity contribution >= 4 is 29.1 Å². The topological polar surface area (TPSA) is 103 Å². The second-order valence-electron chi connectivity index (χ2n) is 10.1. The smallest absolute Gasteiger partial charge is 0.338 e. The molecule has 0 spiro atoms. The lowest BCUT2D eigenvalue weighted by molar-refractivity contribution is -0.138. The van der Waals surface area contributed by atoms with E-state index in [-0.39, 0.29) is 18.8 Å². The van der Waals surface area contributed by atoms with Crippen LogP contribution in [0.2, 0.25) is 0 Å². The number of nitrogens with zero attached hydrogens (tertiary/aromatic N) is 3. The molecule has 0 unspecified atom stereocenters. The number of rotatable bonds is 9. The van der Waals surface area contributed by atoms with Crippen molar-refractivity contribution in [1.29, 1.82) is 5.26 Å². The number of methoxy groups -OCH3 is 1. The van der Waals surface area contributed by atoms with Crippen LogP contribution in [0.15, 0.2) is 88.2 Å². The Hall–Kier alpha value is -4.94. The fourth-order valence-corrected chi connectivity index (χ4v) is 6.02. The zero-order chi connectivity index (χ0) is 30.5. The number of hydrogen-bond donors (Lipinski definition) is 0. The molecule has 0 aliphatic carbocycles. The predicted octanol–water partition coefficient (Wildman–Crippen LogP) is 4.97. The van der Waals surface area contributed by atoms with Crippen molar-refractivity contribution in [2.24, 2.45) is 4.99 Å². The summed E-state index contributed by atoms with van der Waals surface area (Å²) in [6.07, 6.45) is 1.70. The van der Waals surface area contributed by atoms with Gasteiger partial charge in [0.15, 0.2) is 22.9 Å². The molecule has 8 nitrogen and oxygen atoms in total. The van der Waals surface area contributed by atoms with Crippen molar-refractivity contribution in [3.8, 4) is 17.6 Å². The van der Waals surface area contributed by atoms with E-state index in [1.165, 1.54) is 18.4 Å². The molecule has 43 heavy (non-hydrogen) atoms. The molecule has 0 N–H and O–H groups in total. The molecule has 1 aliphatic rings. The van der Waals surface area contributed by atoms with Crippen molar-refractivity contribution in [2.45, 2.75) is 32.7 Å². The van der Waals surface area contributed by atoms with Gasteiger partial charge in [0, 0.05) is 11.1 Å². The van der Waals surface area contributed by atoms with E-state index in [0.29, 0.717) is 43.6 Å². The quantitative estimate of drug-likeness (QED) is 0.254. The number of para-hydroxylation sites is 1. The Labute approximate surface area is 253 Å². The Morgan fingerprint density at radius 1 is 1.09 bits per heavy atom. The third-order valence-electron chi connectivity index (χ3n) is 7.09. The highest BCUT2D eigenvalue weighted by molar-refractivity contribution is 7.07. The Balaban J connectivity index is 1.80. The largest absolute Gasteiger partial charge is 0.493 e. The first-order chi connectivity index (χ1) is 20.9. The molecule has 0 amide bonds. The number of hydrogen-bond acceptors (Lipinski definition) is 8. The van der Waals surface area contributed by atoms with Gasteiger partial charge in [0.25, 0.3) is 5.56 Å². The predicted molar refractivity (Wildman–Crippen MR) is 166 cm³/mol. The van der Waals surface area contributed by atoms with Gasteiger partial charge in [-0.15, -0.1) is 0 Å². The minimum Gasteiger partial charge on any atom is -0.493 e. The highest BCUT2D eigenvalue weighted by Gasteiger charge is 2.35. The molecular weight excluding hydrogens is 562 g/mol. The minimum atomic E-state index is -0.770. The molecule has 0 saturated heterocycles. The molecule has 4 aromatic rings. The third-order valence-corrected chi connectivity index (χ3v) is 8.07. The maximum absolute atomic E-state index is 14.2. The van der Waals surface area contributed by atoms with Crippen LogP contribution in [0, 0.1) is 11.3 Å². The number of carbonyl (C=O) groups excluding carboxylic acids is 1. The number of ether oxygens (including phenoxy) is 3. The van der Waals surface area contributed by atoms with Gasteiger partial charge in [-0.3, -0.25) is 9.36 Å². The molecule has 218 valence electrons. The van der Waals surface area contributed by atoms with Crippen molar-refractivity contribution in [3.63, 3.8) is 0 Å². The summed E-state index contributed by atoms with van der Waals surface area (Å²) in [5, 5.41) is 9.11.